The van der Waals surface area contributed by atoms with Crippen molar-refractivity contribution in [3.05, 3.63) is 6.42 Å². The molecule has 59 valence electrons. The molecule has 0 nitrogen and oxygen atoms in total. The van der Waals surface area contributed by atoms with Crippen molar-refractivity contribution >= 4 is 0 Å². The second kappa shape index (κ2) is 3.41. The molecule has 0 aromatic rings. The van der Waals surface area contributed by atoms with Gasteiger partial charge in [0.05, 0.1) is 0 Å². The van der Waals surface area contributed by atoms with Crippen LogP contribution in [0.15, 0.2) is 0 Å². The van der Waals surface area contributed by atoms with E-state index in [1.54, 1.807) is 0 Å². The van der Waals surface area contributed by atoms with E-state index in [1.807, 2.05) is 0 Å². The predicted molar refractivity (Wildman–Crippen MR) is 45.6 cm³/mol. The second-order valence-electron chi connectivity index (χ2n) is 3.86. The summed E-state index contributed by atoms with van der Waals surface area (Å²) in [4.78, 5) is 0. The number of hydrogen-bond acceptors (Lipinski definition) is 0. The Morgan fingerprint density at radius 1 is 1.20 bits per heavy atom. The zero-order chi connectivity index (χ0) is 7.56. The molecular formula is C10H19. The first-order valence-corrected chi connectivity index (χ1v) is 4.55. The van der Waals surface area contributed by atoms with Gasteiger partial charge < -0.3 is 0 Å². The van der Waals surface area contributed by atoms with E-state index >= 15 is 0 Å². The van der Waals surface area contributed by atoms with Crippen LogP contribution in [-0.4, -0.2) is 0 Å². The van der Waals surface area contributed by atoms with Crippen LogP contribution in [0, 0.1) is 24.2 Å². The van der Waals surface area contributed by atoms with E-state index in [-0.39, 0.29) is 0 Å². The molecule has 10 heavy (non-hydrogen) atoms. The van der Waals surface area contributed by atoms with Crippen LogP contribution in [0.5, 0.6) is 0 Å². The van der Waals surface area contributed by atoms with Crippen LogP contribution in [0.2, 0.25) is 0 Å². The SMILES string of the molecule is CC1[CH]CCCC(C)C1C. The highest BCUT2D eigenvalue weighted by molar-refractivity contribution is 4.83. The Hall–Kier alpha value is 0. The Balaban J connectivity index is 2.46. The summed E-state index contributed by atoms with van der Waals surface area (Å²) in [6.45, 7) is 7.13. The van der Waals surface area contributed by atoms with E-state index in [2.05, 4.69) is 27.2 Å². The van der Waals surface area contributed by atoms with Crippen LogP contribution in [0.1, 0.15) is 40.0 Å². The predicted octanol–water partition coefficient (Wildman–Crippen LogP) is 3.28. The van der Waals surface area contributed by atoms with Crippen molar-refractivity contribution in [1.82, 2.24) is 0 Å². The molecule has 0 heteroatoms. The molecule has 0 heterocycles. The van der Waals surface area contributed by atoms with Crippen molar-refractivity contribution in [1.29, 1.82) is 0 Å². The lowest BCUT2D eigenvalue weighted by Gasteiger charge is -2.21. The van der Waals surface area contributed by atoms with Gasteiger partial charge in [-0.2, -0.15) is 0 Å². The molecule has 0 bridgehead atoms. The van der Waals surface area contributed by atoms with Crippen LogP contribution < -0.4 is 0 Å². The Morgan fingerprint density at radius 2 is 1.90 bits per heavy atom. The number of hydrogen-bond donors (Lipinski definition) is 0. The Labute approximate surface area is 65.0 Å². The highest BCUT2D eigenvalue weighted by Crippen LogP contribution is 2.31. The molecule has 0 aromatic carbocycles. The maximum absolute atomic E-state index is 2.49. The molecule has 3 atom stereocenters. The van der Waals surface area contributed by atoms with Crippen molar-refractivity contribution in [2.24, 2.45) is 17.8 Å². The maximum atomic E-state index is 2.49. The maximum Gasteiger partial charge on any atom is -0.0355 e. The Morgan fingerprint density at radius 3 is 2.60 bits per heavy atom. The molecule has 3 unspecified atom stereocenters. The third kappa shape index (κ3) is 1.74. The van der Waals surface area contributed by atoms with Gasteiger partial charge in [0.1, 0.15) is 0 Å². The molecule has 1 saturated carbocycles. The lowest BCUT2D eigenvalue weighted by Crippen LogP contribution is -2.13. The minimum Gasteiger partial charge on any atom is -0.0622 e. The molecule has 1 aliphatic rings. The monoisotopic (exact) mass is 139 g/mol. The van der Waals surface area contributed by atoms with Gasteiger partial charge in [-0.25, -0.2) is 0 Å². The van der Waals surface area contributed by atoms with Crippen LogP contribution in [0.25, 0.3) is 0 Å². The summed E-state index contributed by atoms with van der Waals surface area (Å²) < 4.78 is 0. The molecule has 1 radical (unpaired) electrons. The van der Waals surface area contributed by atoms with Gasteiger partial charge in [0.25, 0.3) is 0 Å². The van der Waals surface area contributed by atoms with Crippen LogP contribution in [0.3, 0.4) is 0 Å². The van der Waals surface area contributed by atoms with Gasteiger partial charge >= 0.3 is 0 Å². The Kier molecular flexibility index (Phi) is 2.76. The molecule has 1 rings (SSSR count). The summed E-state index contributed by atoms with van der Waals surface area (Å²) in [5.74, 6) is 2.69. The third-order valence-corrected chi connectivity index (χ3v) is 3.13. The topological polar surface area (TPSA) is 0 Å². The normalized spacial score (nSPS) is 42.9. The van der Waals surface area contributed by atoms with Gasteiger partial charge in [-0.15, -0.1) is 0 Å². The van der Waals surface area contributed by atoms with E-state index < -0.39 is 0 Å². The van der Waals surface area contributed by atoms with E-state index in [4.69, 9.17) is 0 Å². The average molecular weight is 139 g/mol. The summed E-state index contributed by atoms with van der Waals surface area (Å²) in [5, 5.41) is 0. The molecular weight excluding hydrogens is 120 g/mol. The summed E-state index contributed by atoms with van der Waals surface area (Å²) in [6, 6.07) is 0. The summed E-state index contributed by atoms with van der Waals surface area (Å²) in [7, 11) is 0. The van der Waals surface area contributed by atoms with Crippen molar-refractivity contribution in [2.75, 3.05) is 0 Å². The molecule has 1 aliphatic carbocycles. The van der Waals surface area contributed by atoms with E-state index in [0.29, 0.717) is 0 Å². The molecule has 1 fully saturated rings. The van der Waals surface area contributed by atoms with E-state index in [0.717, 1.165) is 17.8 Å². The first kappa shape index (κ1) is 8.10. The summed E-state index contributed by atoms with van der Waals surface area (Å²) in [5.41, 5.74) is 0. The van der Waals surface area contributed by atoms with Crippen molar-refractivity contribution in [2.45, 2.75) is 40.0 Å². The average Bonchev–Trinajstić information content (AvgIpc) is 2.04. The second-order valence-corrected chi connectivity index (χ2v) is 3.86. The van der Waals surface area contributed by atoms with Gasteiger partial charge in [0.2, 0.25) is 0 Å². The van der Waals surface area contributed by atoms with Gasteiger partial charge in [-0.3, -0.25) is 0 Å². The van der Waals surface area contributed by atoms with Gasteiger partial charge in [0, 0.05) is 0 Å². The molecule has 0 saturated heterocycles. The van der Waals surface area contributed by atoms with E-state index in [9.17, 15) is 0 Å². The van der Waals surface area contributed by atoms with Crippen LogP contribution >= 0.6 is 0 Å². The number of rotatable bonds is 0. The van der Waals surface area contributed by atoms with E-state index in [1.165, 1.54) is 19.3 Å². The molecule has 0 spiro atoms. The van der Waals surface area contributed by atoms with Gasteiger partial charge in [-0.1, -0.05) is 33.6 Å². The fraction of sp³-hybridized carbons (Fsp3) is 0.900. The van der Waals surface area contributed by atoms with Crippen molar-refractivity contribution in [3.63, 3.8) is 0 Å². The molecule has 0 aliphatic heterocycles. The lowest BCUT2D eigenvalue weighted by atomic mass is 9.84. The highest BCUT2D eigenvalue weighted by Gasteiger charge is 2.21. The molecule has 0 N–H and O–H groups in total. The Bertz CT molecular complexity index is 84.2. The van der Waals surface area contributed by atoms with Crippen molar-refractivity contribution < 1.29 is 0 Å². The quantitative estimate of drug-likeness (QED) is 0.452. The standard InChI is InChI=1S/C10H19/c1-8-6-4-5-7-9(2)10(8)3/h6,8-10H,4-5,7H2,1-3H3. The first-order chi connectivity index (χ1) is 4.72. The fourth-order valence-electron chi connectivity index (χ4n) is 1.82. The first-order valence-electron chi connectivity index (χ1n) is 4.55. The third-order valence-electron chi connectivity index (χ3n) is 3.13. The highest BCUT2D eigenvalue weighted by atomic mass is 14.3. The van der Waals surface area contributed by atoms with Crippen LogP contribution in [0.4, 0.5) is 0 Å². The zero-order valence-electron chi connectivity index (χ0n) is 7.43. The zero-order valence-corrected chi connectivity index (χ0v) is 7.43. The lowest BCUT2D eigenvalue weighted by molar-refractivity contribution is 0.310. The largest absolute Gasteiger partial charge is 0.0622 e. The summed E-state index contributed by atoms with van der Waals surface area (Å²) >= 11 is 0. The summed E-state index contributed by atoms with van der Waals surface area (Å²) in [6.07, 6.45) is 6.68. The van der Waals surface area contributed by atoms with Crippen LogP contribution in [-0.2, 0) is 0 Å². The van der Waals surface area contributed by atoms with Gasteiger partial charge in [-0.05, 0) is 30.6 Å². The van der Waals surface area contributed by atoms with Gasteiger partial charge in [0.15, 0.2) is 0 Å². The minimum atomic E-state index is 0.845. The fourth-order valence-corrected chi connectivity index (χ4v) is 1.82. The molecule has 0 aromatic heterocycles. The smallest absolute Gasteiger partial charge is 0.0355 e. The molecule has 0 amide bonds. The van der Waals surface area contributed by atoms with Crippen molar-refractivity contribution in [3.8, 4) is 0 Å². The minimum absolute atomic E-state index is 0.845.